The van der Waals surface area contributed by atoms with Crippen LogP contribution in [0.25, 0.3) is 0 Å². The summed E-state index contributed by atoms with van der Waals surface area (Å²) in [4.78, 5) is 13.8. The predicted molar refractivity (Wildman–Crippen MR) is 177 cm³/mol. The van der Waals surface area contributed by atoms with Gasteiger partial charge in [-0.15, -0.1) is 0 Å². The molecule has 0 fully saturated rings. The number of hydrogen-bond acceptors (Lipinski definition) is 1. The summed E-state index contributed by atoms with van der Waals surface area (Å²) in [6.45, 7) is 0. The molecule has 1 amide bonds. The van der Waals surface area contributed by atoms with Crippen molar-refractivity contribution in [3.05, 3.63) is 162 Å². The number of alkyl halides is 6. The fourth-order valence-corrected chi connectivity index (χ4v) is 13.9. The first kappa shape index (κ1) is 33.4. The third-order valence-corrected chi connectivity index (χ3v) is 17.8. The summed E-state index contributed by atoms with van der Waals surface area (Å²) < 4.78 is 82.1. The van der Waals surface area contributed by atoms with Gasteiger partial charge in [0.1, 0.15) is 0 Å². The molecule has 0 aromatic heterocycles. The van der Waals surface area contributed by atoms with Crippen LogP contribution in [0.1, 0.15) is 27.0 Å². The van der Waals surface area contributed by atoms with Gasteiger partial charge in [0.05, 0.1) is 0 Å². The van der Waals surface area contributed by atoms with Gasteiger partial charge in [0.2, 0.25) is 0 Å². The minimum absolute atomic E-state index is 0.0173. The first-order chi connectivity index (χ1) is 21.8. The van der Waals surface area contributed by atoms with Gasteiger partial charge in [-0.3, -0.25) is 0 Å². The summed E-state index contributed by atoms with van der Waals surface area (Å²) in [6, 6.07) is 38.6. The Kier molecular flexibility index (Phi) is 9.48. The molecular formula is C36H29BrF6NOP. The zero-order chi connectivity index (χ0) is 33.0. The SMILES string of the molecule is O=C(N[C@@H](Cc1ccccc1)CP(Br)(c1ccccc1)(c1ccccc1)c1ccccc1)c1cc(C(F)(F)F)cc(C(F)(F)F)c1. The summed E-state index contributed by atoms with van der Waals surface area (Å²) in [6.07, 6.45) is -9.66. The van der Waals surface area contributed by atoms with Crippen molar-refractivity contribution in [2.75, 3.05) is 6.16 Å². The van der Waals surface area contributed by atoms with Crippen molar-refractivity contribution >= 4 is 42.6 Å². The Bertz CT molecular complexity index is 1650. The molecule has 0 aliphatic heterocycles. The maximum absolute atomic E-state index is 13.8. The molecule has 5 aromatic carbocycles. The molecule has 5 rings (SSSR count). The van der Waals surface area contributed by atoms with E-state index in [0.717, 1.165) is 21.5 Å². The van der Waals surface area contributed by atoms with Crippen LogP contribution in [0.4, 0.5) is 26.3 Å². The van der Waals surface area contributed by atoms with Gasteiger partial charge in [-0.05, 0) is 0 Å². The van der Waals surface area contributed by atoms with Crippen molar-refractivity contribution in [2.24, 2.45) is 0 Å². The Morgan fingerprint density at radius 2 is 0.978 bits per heavy atom. The minimum atomic E-state index is -5.09. The number of rotatable bonds is 9. The molecule has 5 aromatic rings. The van der Waals surface area contributed by atoms with Gasteiger partial charge >= 0.3 is 272 Å². The number of hydrogen-bond donors (Lipinski definition) is 1. The van der Waals surface area contributed by atoms with Crippen LogP contribution < -0.4 is 21.2 Å². The Hall–Kier alpha value is -3.94. The molecule has 0 heterocycles. The molecule has 0 spiro atoms. The number of amides is 1. The van der Waals surface area contributed by atoms with Crippen LogP contribution in [0.15, 0.2) is 140 Å². The fraction of sp³-hybridized carbons (Fsp3) is 0.139. The van der Waals surface area contributed by atoms with Crippen LogP contribution in [0.2, 0.25) is 0 Å². The maximum atomic E-state index is 13.8. The van der Waals surface area contributed by atoms with Crippen LogP contribution in [-0.2, 0) is 18.8 Å². The van der Waals surface area contributed by atoms with Gasteiger partial charge in [-0.25, -0.2) is 0 Å². The summed E-state index contributed by atoms with van der Waals surface area (Å²) in [7, 11) is 0. The van der Waals surface area contributed by atoms with Crippen LogP contribution in [-0.4, -0.2) is 18.1 Å². The van der Waals surface area contributed by atoms with Crippen molar-refractivity contribution in [1.29, 1.82) is 0 Å². The zero-order valence-corrected chi connectivity index (χ0v) is 26.8. The molecule has 0 aliphatic rings. The molecule has 0 bridgehead atoms. The van der Waals surface area contributed by atoms with Crippen LogP contribution in [0.5, 0.6) is 0 Å². The second-order valence-electron chi connectivity index (χ2n) is 11.0. The predicted octanol–water partition coefficient (Wildman–Crippen LogP) is 8.90. The monoisotopic (exact) mass is 715 g/mol. The van der Waals surface area contributed by atoms with Gasteiger partial charge in [0.15, 0.2) is 0 Å². The van der Waals surface area contributed by atoms with E-state index in [1.807, 2.05) is 121 Å². The number of nitrogens with one attached hydrogen (secondary N) is 1. The molecule has 0 saturated heterocycles. The van der Waals surface area contributed by atoms with Gasteiger partial charge in [0, 0.05) is 0 Å². The molecule has 0 saturated carbocycles. The van der Waals surface area contributed by atoms with Gasteiger partial charge in [0.25, 0.3) is 0 Å². The van der Waals surface area contributed by atoms with E-state index in [9.17, 15) is 31.1 Å². The van der Waals surface area contributed by atoms with E-state index in [-0.39, 0.29) is 18.6 Å². The van der Waals surface area contributed by atoms with E-state index in [0.29, 0.717) is 12.1 Å². The Morgan fingerprint density at radius 3 is 1.35 bits per heavy atom. The summed E-state index contributed by atoms with van der Waals surface area (Å²) >= 11 is 4.33. The first-order valence-electron chi connectivity index (χ1n) is 14.3. The van der Waals surface area contributed by atoms with E-state index in [1.165, 1.54) is 0 Å². The van der Waals surface area contributed by atoms with Crippen molar-refractivity contribution in [2.45, 2.75) is 24.8 Å². The van der Waals surface area contributed by atoms with E-state index < -0.39 is 46.3 Å². The first-order valence-corrected chi connectivity index (χ1v) is 18.8. The van der Waals surface area contributed by atoms with Crippen molar-refractivity contribution in [1.82, 2.24) is 5.32 Å². The van der Waals surface area contributed by atoms with Crippen molar-refractivity contribution in [3.8, 4) is 0 Å². The van der Waals surface area contributed by atoms with Crippen molar-refractivity contribution in [3.63, 3.8) is 0 Å². The second kappa shape index (κ2) is 13.0. The second-order valence-corrected chi connectivity index (χ2v) is 20.0. The third-order valence-electron chi connectivity index (χ3n) is 7.96. The topological polar surface area (TPSA) is 29.1 Å². The molecule has 1 N–H and O–H groups in total. The van der Waals surface area contributed by atoms with Crippen LogP contribution in [0.3, 0.4) is 0 Å². The molecule has 238 valence electrons. The van der Waals surface area contributed by atoms with Crippen LogP contribution >= 0.6 is 20.8 Å². The normalized spacial score (nSPS) is 13.8. The van der Waals surface area contributed by atoms with E-state index in [4.69, 9.17) is 0 Å². The summed E-state index contributed by atoms with van der Waals surface area (Å²) in [5, 5.41) is 2.00. The molecule has 0 radical (unpaired) electrons. The molecular weight excluding hydrogens is 687 g/mol. The fourth-order valence-electron chi connectivity index (χ4n) is 5.81. The quantitative estimate of drug-likeness (QED) is 0.120. The number of benzene rings is 5. The summed E-state index contributed by atoms with van der Waals surface area (Å²) in [5.74, 6) is -1.04. The number of halogens is 7. The van der Waals surface area contributed by atoms with Gasteiger partial charge in [-0.2, -0.15) is 0 Å². The van der Waals surface area contributed by atoms with E-state index in [2.05, 4.69) is 20.8 Å². The van der Waals surface area contributed by atoms with Crippen LogP contribution in [0, 0.1) is 0 Å². The van der Waals surface area contributed by atoms with E-state index >= 15 is 0 Å². The molecule has 1 atom stereocenters. The van der Waals surface area contributed by atoms with Gasteiger partial charge < -0.3 is 0 Å². The summed E-state index contributed by atoms with van der Waals surface area (Å²) in [5.41, 5.74) is -3.00. The zero-order valence-electron chi connectivity index (χ0n) is 24.3. The Labute approximate surface area is 271 Å². The van der Waals surface area contributed by atoms with Crippen molar-refractivity contribution < 1.29 is 31.1 Å². The Morgan fingerprint density at radius 1 is 0.609 bits per heavy atom. The average molecular weight is 717 g/mol. The average Bonchev–Trinajstić information content (AvgIpc) is 3.05. The standard InChI is InChI=1S/C36H29BrF6NOP/c37-46(31-15-7-2-8-16-31,32-17-9-3-10-18-32,33-19-11-4-12-20-33)25-30(21-26-13-5-1-6-14-26)44-34(45)27-22-28(35(38,39)40)24-29(23-27)36(41,42)43/h1-20,22-24,30H,21,25H2,(H,44,45)/t30-/m0/s1. The van der Waals surface area contributed by atoms with Gasteiger partial charge in [-0.1, -0.05) is 0 Å². The Balaban J connectivity index is 1.69. The number of carbonyl (C=O) groups is 1. The molecule has 2 nitrogen and oxygen atoms in total. The molecule has 10 heteroatoms. The van der Waals surface area contributed by atoms with E-state index in [1.54, 1.807) is 0 Å². The molecule has 0 aliphatic carbocycles. The number of carbonyl (C=O) groups excluding carboxylic acids is 1. The molecule has 46 heavy (non-hydrogen) atoms. The third kappa shape index (κ3) is 6.91. The molecule has 0 unspecified atom stereocenters.